The van der Waals surface area contributed by atoms with Crippen molar-refractivity contribution in [2.45, 2.75) is 0 Å². The van der Waals surface area contributed by atoms with Gasteiger partial charge in [-0.05, 0) is 24.3 Å². The van der Waals surface area contributed by atoms with Crippen LogP contribution in [0, 0.1) is 22.7 Å². The molecule has 108 valence electrons. The number of methoxy groups -OCH3 is 2. The summed E-state index contributed by atoms with van der Waals surface area (Å²) in [6, 6.07) is 8.89. The topological polar surface area (TPSA) is 86.3 Å². The molecular weight excluding hydrogens is 270 g/mol. The number of benzene rings is 1. The number of nitriles is 2. The van der Waals surface area contributed by atoms with Crippen molar-refractivity contribution in [1.29, 1.82) is 10.5 Å². The van der Waals surface area contributed by atoms with E-state index in [1.807, 2.05) is 12.1 Å². The number of carbonyl (C=O) groups is 1. The van der Waals surface area contributed by atoms with Gasteiger partial charge in [0, 0.05) is 11.6 Å². The minimum absolute atomic E-state index is 0.133. The Labute approximate surface area is 123 Å². The third-order valence-electron chi connectivity index (χ3n) is 2.68. The van der Waals surface area contributed by atoms with Gasteiger partial charge in [-0.2, -0.15) is 10.5 Å². The molecule has 6 heteroatoms. The lowest BCUT2D eigenvalue weighted by Crippen LogP contribution is -2.30. The van der Waals surface area contributed by atoms with E-state index in [1.165, 1.54) is 13.2 Å². The fourth-order valence-electron chi connectivity index (χ4n) is 1.62. The largest absolute Gasteiger partial charge is 0.497 e. The molecule has 0 saturated heterocycles. The zero-order valence-electron chi connectivity index (χ0n) is 11.9. The summed E-state index contributed by atoms with van der Waals surface area (Å²) >= 11 is 0. The standard InChI is InChI=1S/C15H15N3O3/c1-20-13-4-5-14(21-2)12(11-13)3-6-15(19)18(9-7-16)10-8-17/h3-6,11H,9-10H2,1-2H3/b6-3+. The first-order valence-corrected chi connectivity index (χ1v) is 6.09. The Morgan fingerprint density at radius 1 is 1.24 bits per heavy atom. The summed E-state index contributed by atoms with van der Waals surface area (Å²) in [6.07, 6.45) is 2.86. The Bertz CT molecular complexity index is 596. The maximum absolute atomic E-state index is 11.9. The molecule has 0 unspecified atom stereocenters. The molecule has 0 N–H and O–H groups in total. The van der Waals surface area contributed by atoms with Crippen molar-refractivity contribution in [3.8, 4) is 23.6 Å². The van der Waals surface area contributed by atoms with Crippen molar-refractivity contribution >= 4 is 12.0 Å². The Hall–Kier alpha value is -2.99. The average Bonchev–Trinajstić information content (AvgIpc) is 2.52. The summed E-state index contributed by atoms with van der Waals surface area (Å²) in [5.41, 5.74) is 0.666. The molecule has 0 heterocycles. The summed E-state index contributed by atoms with van der Waals surface area (Å²) in [7, 11) is 3.07. The molecule has 0 bridgehead atoms. The van der Waals surface area contributed by atoms with Gasteiger partial charge in [-0.3, -0.25) is 4.79 Å². The number of hydrogen-bond acceptors (Lipinski definition) is 5. The van der Waals surface area contributed by atoms with Crippen molar-refractivity contribution in [3.05, 3.63) is 29.8 Å². The SMILES string of the molecule is COc1ccc(OC)c(/C=C/C(=O)N(CC#N)CC#N)c1. The first-order valence-electron chi connectivity index (χ1n) is 6.09. The number of ether oxygens (including phenoxy) is 2. The highest BCUT2D eigenvalue weighted by Gasteiger charge is 2.10. The molecular formula is C15H15N3O3. The molecule has 0 spiro atoms. The molecule has 0 aliphatic heterocycles. The van der Waals surface area contributed by atoms with Gasteiger partial charge >= 0.3 is 0 Å². The van der Waals surface area contributed by atoms with Crippen LogP contribution in [0.4, 0.5) is 0 Å². The van der Waals surface area contributed by atoms with Crippen LogP contribution in [-0.4, -0.2) is 38.1 Å². The molecule has 6 nitrogen and oxygen atoms in total. The van der Waals surface area contributed by atoms with Gasteiger partial charge in [0.05, 0.1) is 26.4 Å². The fraction of sp³-hybridized carbons (Fsp3) is 0.267. The smallest absolute Gasteiger partial charge is 0.248 e. The molecule has 1 amide bonds. The summed E-state index contributed by atoms with van der Waals surface area (Å²) < 4.78 is 10.3. The monoisotopic (exact) mass is 285 g/mol. The van der Waals surface area contributed by atoms with Crippen LogP contribution in [0.15, 0.2) is 24.3 Å². The summed E-state index contributed by atoms with van der Waals surface area (Å²) in [5.74, 6) is 0.809. The van der Waals surface area contributed by atoms with Crippen LogP contribution in [0.2, 0.25) is 0 Å². The van der Waals surface area contributed by atoms with Gasteiger partial charge in [0.1, 0.15) is 24.6 Å². The molecule has 0 aliphatic rings. The Kier molecular flexibility index (Phi) is 6.30. The van der Waals surface area contributed by atoms with Gasteiger partial charge in [-0.15, -0.1) is 0 Å². The first kappa shape index (κ1) is 16.1. The number of hydrogen-bond donors (Lipinski definition) is 0. The highest BCUT2D eigenvalue weighted by molar-refractivity contribution is 5.92. The highest BCUT2D eigenvalue weighted by atomic mass is 16.5. The molecule has 0 atom stereocenters. The zero-order chi connectivity index (χ0) is 15.7. The average molecular weight is 285 g/mol. The van der Waals surface area contributed by atoms with E-state index in [0.29, 0.717) is 17.1 Å². The Balaban J connectivity index is 2.95. The molecule has 1 aromatic carbocycles. The van der Waals surface area contributed by atoms with E-state index in [1.54, 1.807) is 31.4 Å². The van der Waals surface area contributed by atoms with E-state index in [-0.39, 0.29) is 13.1 Å². The summed E-state index contributed by atoms with van der Waals surface area (Å²) in [4.78, 5) is 13.1. The third-order valence-corrected chi connectivity index (χ3v) is 2.68. The van der Waals surface area contributed by atoms with Crippen molar-refractivity contribution in [2.24, 2.45) is 0 Å². The van der Waals surface area contributed by atoms with E-state index in [9.17, 15) is 4.79 Å². The Morgan fingerprint density at radius 3 is 2.43 bits per heavy atom. The molecule has 1 aromatic rings. The minimum atomic E-state index is -0.414. The second kappa shape index (κ2) is 8.23. The van der Waals surface area contributed by atoms with Crippen LogP contribution in [-0.2, 0) is 4.79 Å². The van der Waals surface area contributed by atoms with Gasteiger partial charge in [0.2, 0.25) is 5.91 Å². The van der Waals surface area contributed by atoms with E-state index in [0.717, 1.165) is 4.90 Å². The minimum Gasteiger partial charge on any atom is -0.497 e. The van der Waals surface area contributed by atoms with E-state index in [2.05, 4.69) is 0 Å². The second-order valence-electron chi connectivity index (χ2n) is 3.95. The van der Waals surface area contributed by atoms with Crippen LogP contribution in [0.1, 0.15) is 5.56 Å². The number of rotatable bonds is 6. The van der Waals surface area contributed by atoms with E-state index < -0.39 is 5.91 Å². The van der Waals surface area contributed by atoms with Crippen molar-refractivity contribution < 1.29 is 14.3 Å². The van der Waals surface area contributed by atoms with Crippen LogP contribution in [0.5, 0.6) is 11.5 Å². The number of carbonyl (C=O) groups excluding carboxylic acids is 1. The number of amides is 1. The van der Waals surface area contributed by atoms with Crippen molar-refractivity contribution in [2.75, 3.05) is 27.3 Å². The maximum Gasteiger partial charge on any atom is 0.248 e. The Morgan fingerprint density at radius 2 is 1.90 bits per heavy atom. The van der Waals surface area contributed by atoms with Gasteiger partial charge in [0.25, 0.3) is 0 Å². The lowest BCUT2D eigenvalue weighted by Gasteiger charge is -2.13. The van der Waals surface area contributed by atoms with Gasteiger partial charge in [0.15, 0.2) is 0 Å². The second-order valence-corrected chi connectivity index (χ2v) is 3.95. The molecule has 0 radical (unpaired) electrons. The maximum atomic E-state index is 11.9. The predicted octanol–water partition coefficient (Wildman–Crippen LogP) is 1.59. The fourth-order valence-corrected chi connectivity index (χ4v) is 1.62. The van der Waals surface area contributed by atoms with Crippen LogP contribution in [0.25, 0.3) is 6.08 Å². The number of nitrogens with zero attached hydrogens (tertiary/aromatic N) is 3. The normalized spacial score (nSPS) is 9.71. The van der Waals surface area contributed by atoms with Gasteiger partial charge in [-0.25, -0.2) is 0 Å². The molecule has 0 saturated carbocycles. The zero-order valence-corrected chi connectivity index (χ0v) is 11.9. The molecule has 0 fully saturated rings. The summed E-state index contributed by atoms with van der Waals surface area (Å²) in [6.45, 7) is -0.266. The third kappa shape index (κ3) is 4.55. The van der Waals surface area contributed by atoms with E-state index >= 15 is 0 Å². The quantitative estimate of drug-likeness (QED) is 0.585. The molecule has 1 rings (SSSR count). The molecule has 21 heavy (non-hydrogen) atoms. The van der Waals surface area contributed by atoms with Gasteiger partial charge < -0.3 is 14.4 Å². The lowest BCUT2D eigenvalue weighted by atomic mass is 10.1. The molecule has 0 aromatic heterocycles. The molecule has 0 aliphatic carbocycles. The first-order chi connectivity index (χ1) is 10.2. The predicted molar refractivity (Wildman–Crippen MR) is 76.4 cm³/mol. The van der Waals surface area contributed by atoms with E-state index in [4.69, 9.17) is 20.0 Å². The van der Waals surface area contributed by atoms with Crippen LogP contribution >= 0.6 is 0 Å². The summed E-state index contributed by atoms with van der Waals surface area (Å²) in [5, 5.41) is 17.3. The lowest BCUT2D eigenvalue weighted by molar-refractivity contribution is -0.124. The van der Waals surface area contributed by atoms with Crippen molar-refractivity contribution in [1.82, 2.24) is 4.90 Å². The van der Waals surface area contributed by atoms with Crippen molar-refractivity contribution in [3.63, 3.8) is 0 Å². The van der Waals surface area contributed by atoms with Crippen LogP contribution in [0.3, 0.4) is 0 Å². The highest BCUT2D eigenvalue weighted by Crippen LogP contribution is 2.25. The van der Waals surface area contributed by atoms with Gasteiger partial charge in [-0.1, -0.05) is 0 Å². The van der Waals surface area contributed by atoms with Crippen LogP contribution < -0.4 is 9.47 Å².